The minimum absolute atomic E-state index is 0.0308. The Morgan fingerprint density at radius 1 is 0.367 bits per heavy atom. The predicted molar refractivity (Wildman–Crippen MR) is 201 cm³/mol. The number of benzene rings is 7. The summed E-state index contributed by atoms with van der Waals surface area (Å²) in [6.45, 7) is 0. The van der Waals surface area contributed by atoms with Crippen molar-refractivity contribution in [2.75, 3.05) is 0 Å². The lowest BCUT2D eigenvalue weighted by Crippen LogP contribution is -2.06. The highest BCUT2D eigenvalue weighted by atomic mass is 15.2. The molecule has 0 N–H and O–H groups in total. The Balaban J connectivity index is 1.37. The van der Waals surface area contributed by atoms with E-state index in [1.54, 1.807) is 22.8 Å². The molecule has 0 aliphatic carbocycles. The number of para-hydroxylation sites is 1. The smallest absolute Gasteiger partial charge is 0.238 e. The fourth-order valence-electron chi connectivity index (χ4n) is 6.13. The first-order valence-corrected chi connectivity index (χ1v) is 15.7. The van der Waals surface area contributed by atoms with Crippen LogP contribution in [0.15, 0.2) is 182 Å². The van der Waals surface area contributed by atoms with Crippen LogP contribution in [0.1, 0.15) is 12.3 Å². The second-order valence-corrected chi connectivity index (χ2v) is 11.5. The highest BCUT2D eigenvalue weighted by molar-refractivity contribution is 6.10. The van der Waals surface area contributed by atoms with Gasteiger partial charge in [0.25, 0.3) is 0 Å². The van der Waals surface area contributed by atoms with Crippen LogP contribution < -0.4 is 0 Å². The number of rotatable bonds is 6. The lowest BCUT2D eigenvalue weighted by molar-refractivity contribution is 0.953. The summed E-state index contributed by atoms with van der Waals surface area (Å²) in [5.41, 5.74) is 5.90. The van der Waals surface area contributed by atoms with Crippen molar-refractivity contribution in [3.8, 4) is 62.1 Å². The summed E-state index contributed by atoms with van der Waals surface area (Å²) >= 11 is 0. The summed E-state index contributed by atoms with van der Waals surface area (Å²) in [5.74, 6) is 0.666. The van der Waals surface area contributed by atoms with Gasteiger partial charge in [0.2, 0.25) is 5.95 Å². The average molecular weight is 636 g/mol. The second kappa shape index (κ2) is 12.2. The normalized spacial score (nSPS) is 13.8. The van der Waals surface area contributed by atoms with Gasteiger partial charge >= 0.3 is 0 Å². The zero-order valence-corrected chi connectivity index (χ0v) is 25.9. The largest absolute Gasteiger partial charge is 0.278 e. The molecule has 4 heteroatoms. The molecule has 7 aromatic carbocycles. The lowest BCUT2D eigenvalue weighted by Gasteiger charge is -2.12. The molecule has 2 heterocycles. The molecule has 9 rings (SSSR count). The van der Waals surface area contributed by atoms with Crippen LogP contribution in [0.2, 0.25) is 0 Å². The molecule has 230 valence electrons. The van der Waals surface area contributed by atoms with E-state index in [0.717, 1.165) is 22.3 Å². The molecule has 49 heavy (non-hydrogen) atoms. The first-order chi connectivity index (χ1) is 28.0. The summed E-state index contributed by atoms with van der Waals surface area (Å²) in [7, 11) is 0. The van der Waals surface area contributed by atoms with Crippen molar-refractivity contribution < 1.29 is 12.3 Å². The van der Waals surface area contributed by atoms with E-state index in [0.29, 0.717) is 33.7 Å². The maximum absolute atomic E-state index is 9.18. The third-order valence-corrected chi connectivity index (χ3v) is 8.47. The quantitative estimate of drug-likeness (QED) is 0.183. The van der Waals surface area contributed by atoms with E-state index in [9.17, 15) is 1.37 Å². The third-order valence-electron chi connectivity index (χ3n) is 8.47. The average Bonchev–Trinajstić information content (AvgIpc) is 3.61. The van der Waals surface area contributed by atoms with Gasteiger partial charge in [-0.2, -0.15) is 9.97 Å². The van der Waals surface area contributed by atoms with Gasteiger partial charge in [-0.1, -0.05) is 158 Å². The topological polar surface area (TPSA) is 43.6 Å². The van der Waals surface area contributed by atoms with Crippen LogP contribution in [-0.2, 0) is 0 Å². The van der Waals surface area contributed by atoms with Crippen LogP contribution in [0.4, 0.5) is 0 Å². The molecule has 0 fully saturated rings. The monoisotopic (exact) mass is 635 g/mol. The zero-order valence-electron chi connectivity index (χ0n) is 34.9. The van der Waals surface area contributed by atoms with Gasteiger partial charge in [0.05, 0.1) is 23.4 Å². The van der Waals surface area contributed by atoms with Gasteiger partial charge in [0, 0.05) is 21.9 Å². The van der Waals surface area contributed by atoms with E-state index < -0.39 is 42.3 Å². The van der Waals surface area contributed by atoms with Crippen LogP contribution >= 0.6 is 0 Å². The minimum atomic E-state index is -0.518. The molecule has 0 aliphatic rings. The van der Waals surface area contributed by atoms with E-state index >= 15 is 0 Å². The van der Waals surface area contributed by atoms with Crippen LogP contribution in [0.25, 0.3) is 83.9 Å². The first-order valence-electron chi connectivity index (χ1n) is 20.2. The van der Waals surface area contributed by atoms with Gasteiger partial charge in [-0.25, -0.2) is 4.98 Å². The summed E-state index contributed by atoms with van der Waals surface area (Å²) in [6, 6.07) is 36.5. The Morgan fingerprint density at radius 2 is 0.898 bits per heavy atom. The SMILES string of the molecule is [2H]c1c([2H])c([2H])c(-c2ccc3c4c([2H])c([2H])c([2H])c([2H])c4n(-c4nc(-c5cccc(-c6ccccc6)c5)nc(-c5cccc(-c6ccccc6)c5)n4)c3c2)c([2H])c1[2H]. The van der Waals surface area contributed by atoms with Gasteiger partial charge in [0.15, 0.2) is 11.6 Å². The Morgan fingerprint density at radius 3 is 1.53 bits per heavy atom. The first kappa shape index (κ1) is 20.6. The maximum atomic E-state index is 9.18. The van der Waals surface area contributed by atoms with E-state index in [-0.39, 0.29) is 40.1 Å². The standard InChI is InChI=1S/C45H30N4/c1-4-14-31(15-5-1)34-20-12-22-37(28-34)43-46-44(38-23-13-21-35(29-38)32-16-6-2-7-17-32)48-45(47-43)49-41-25-11-10-24-39(41)40-27-26-36(30-42(40)49)33-18-8-3-9-19-33/h1-30H/i3D,8D,9D,10D,11D,18D,19D,24D,25D. The van der Waals surface area contributed by atoms with E-state index in [4.69, 9.17) is 25.9 Å². The van der Waals surface area contributed by atoms with Gasteiger partial charge in [-0.3, -0.25) is 4.57 Å². The zero-order chi connectivity index (χ0) is 40.4. The van der Waals surface area contributed by atoms with Crippen molar-refractivity contribution in [2.24, 2.45) is 0 Å². The van der Waals surface area contributed by atoms with Crippen molar-refractivity contribution in [1.29, 1.82) is 0 Å². The number of fused-ring (bicyclic) bond motifs is 3. The molecule has 0 unspecified atom stereocenters. The molecule has 0 radical (unpaired) electrons. The molecule has 0 spiro atoms. The number of hydrogen-bond donors (Lipinski definition) is 0. The molecule has 2 aromatic heterocycles. The van der Waals surface area contributed by atoms with E-state index in [1.807, 2.05) is 109 Å². The number of nitrogens with zero attached hydrogens (tertiary/aromatic N) is 4. The van der Waals surface area contributed by atoms with Crippen molar-refractivity contribution >= 4 is 21.8 Å². The van der Waals surface area contributed by atoms with Gasteiger partial charge < -0.3 is 0 Å². The van der Waals surface area contributed by atoms with Gasteiger partial charge in [-0.15, -0.1) is 0 Å². The molecule has 0 bridgehead atoms. The number of aromatic nitrogens is 4. The van der Waals surface area contributed by atoms with Gasteiger partial charge in [-0.05, 0) is 57.6 Å². The van der Waals surface area contributed by atoms with Crippen molar-refractivity contribution in [1.82, 2.24) is 19.5 Å². The molecule has 0 atom stereocenters. The second-order valence-electron chi connectivity index (χ2n) is 11.5. The minimum Gasteiger partial charge on any atom is -0.278 e. The Labute approximate surface area is 297 Å². The predicted octanol–water partition coefficient (Wildman–Crippen LogP) is 11.3. The van der Waals surface area contributed by atoms with Crippen LogP contribution in [0.3, 0.4) is 0 Å². The molecule has 4 nitrogen and oxygen atoms in total. The van der Waals surface area contributed by atoms with Crippen LogP contribution in [-0.4, -0.2) is 19.5 Å². The number of hydrogen-bond acceptors (Lipinski definition) is 3. The Kier molecular flexibility index (Phi) is 5.11. The van der Waals surface area contributed by atoms with E-state index in [2.05, 4.69) is 0 Å². The fraction of sp³-hybridized carbons (Fsp3) is 0. The maximum Gasteiger partial charge on any atom is 0.238 e. The van der Waals surface area contributed by atoms with Crippen LogP contribution in [0.5, 0.6) is 0 Å². The Hall–Kier alpha value is -6.65. The molecule has 0 amide bonds. The summed E-state index contributed by atoms with van der Waals surface area (Å²) in [6.07, 6.45) is 0. The lowest BCUT2D eigenvalue weighted by atomic mass is 10.0. The van der Waals surface area contributed by atoms with E-state index in [1.165, 1.54) is 0 Å². The highest BCUT2D eigenvalue weighted by Gasteiger charge is 2.19. The summed E-state index contributed by atoms with van der Waals surface area (Å²) in [4.78, 5) is 15.0. The van der Waals surface area contributed by atoms with Crippen LogP contribution in [0, 0.1) is 0 Å². The third kappa shape index (κ3) is 5.35. The Bertz CT molecular complexity index is 2980. The molecule has 0 aliphatic heterocycles. The summed E-state index contributed by atoms with van der Waals surface area (Å²) < 4.78 is 79.3. The highest BCUT2D eigenvalue weighted by Crippen LogP contribution is 2.35. The van der Waals surface area contributed by atoms with Crippen molar-refractivity contribution in [3.63, 3.8) is 0 Å². The molecular formula is C45H30N4. The summed E-state index contributed by atoms with van der Waals surface area (Å²) in [5, 5.41) is 0.646. The molecule has 0 saturated carbocycles. The molecule has 0 saturated heterocycles. The fourth-order valence-corrected chi connectivity index (χ4v) is 6.13. The molecular weight excluding hydrogens is 597 g/mol. The molecule has 9 aromatic rings. The van der Waals surface area contributed by atoms with Crippen molar-refractivity contribution in [3.05, 3.63) is 182 Å². The van der Waals surface area contributed by atoms with Gasteiger partial charge in [0.1, 0.15) is 0 Å². The van der Waals surface area contributed by atoms with Crippen molar-refractivity contribution in [2.45, 2.75) is 0 Å².